The number of aliphatic imine (C=N–C) groups is 1. The van der Waals surface area contributed by atoms with Crippen molar-refractivity contribution in [3.8, 4) is 23.0 Å². The number of amidine groups is 1. The first-order valence-electron chi connectivity index (χ1n) is 8.35. The number of amides is 1. The molecule has 0 saturated carbocycles. The Balaban J connectivity index is 1.94. The van der Waals surface area contributed by atoms with Crippen LogP contribution in [0.15, 0.2) is 40.2 Å². The average Bonchev–Trinajstić information content (AvgIpc) is 3.03. The van der Waals surface area contributed by atoms with E-state index < -0.39 is 0 Å². The van der Waals surface area contributed by atoms with Gasteiger partial charge >= 0.3 is 0 Å². The number of aromatic hydroxyl groups is 1. The fraction of sp³-hybridized carbons (Fsp3) is 0.200. The Hall–Kier alpha value is -3.13. The van der Waals surface area contributed by atoms with E-state index in [2.05, 4.69) is 10.3 Å². The van der Waals surface area contributed by atoms with Gasteiger partial charge in [0.25, 0.3) is 5.91 Å². The van der Waals surface area contributed by atoms with Crippen molar-refractivity contribution < 1.29 is 24.1 Å². The molecule has 0 atom stereocenters. The van der Waals surface area contributed by atoms with Crippen molar-refractivity contribution >= 4 is 34.6 Å². The molecule has 3 rings (SSSR count). The minimum absolute atomic E-state index is 0.0596. The highest BCUT2D eigenvalue weighted by atomic mass is 32.2. The van der Waals surface area contributed by atoms with Crippen LogP contribution in [0, 0.1) is 6.92 Å². The van der Waals surface area contributed by atoms with Gasteiger partial charge in [-0.1, -0.05) is 12.1 Å². The van der Waals surface area contributed by atoms with Gasteiger partial charge < -0.3 is 24.6 Å². The lowest BCUT2D eigenvalue weighted by atomic mass is 10.1. The Labute approximate surface area is 167 Å². The molecular weight excluding hydrogens is 380 g/mol. The zero-order valence-electron chi connectivity index (χ0n) is 15.9. The summed E-state index contributed by atoms with van der Waals surface area (Å²) in [6.45, 7) is 1.84. The van der Waals surface area contributed by atoms with Crippen LogP contribution in [0.5, 0.6) is 23.0 Å². The number of nitrogens with zero attached hydrogens (tertiary/aromatic N) is 1. The highest BCUT2D eigenvalue weighted by Gasteiger charge is 2.25. The summed E-state index contributed by atoms with van der Waals surface area (Å²) in [6, 6.07) is 8.65. The molecule has 1 aliphatic heterocycles. The maximum absolute atomic E-state index is 12.4. The van der Waals surface area contributed by atoms with Crippen LogP contribution >= 0.6 is 11.8 Å². The van der Waals surface area contributed by atoms with Gasteiger partial charge in [0.05, 0.1) is 26.2 Å². The standard InChI is InChI=1S/C20H20N2O5S/c1-11-6-5-7-13(23)17(11)21-20-22-19(24)16(28-20)10-12-8-14(25-2)18(27-4)15(9-12)26-3/h5-10,23H,1-4H3,(H,21,22,24)/b16-10-. The molecule has 2 aromatic rings. The van der Waals surface area contributed by atoms with E-state index in [4.69, 9.17) is 14.2 Å². The fourth-order valence-corrected chi connectivity index (χ4v) is 3.53. The van der Waals surface area contributed by atoms with E-state index in [9.17, 15) is 9.90 Å². The van der Waals surface area contributed by atoms with Gasteiger partial charge in [-0.2, -0.15) is 0 Å². The van der Waals surface area contributed by atoms with E-state index in [1.54, 1.807) is 30.3 Å². The van der Waals surface area contributed by atoms with Gasteiger partial charge in [0.1, 0.15) is 11.4 Å². The summed E-state index contributed by atoms with van der Waals surface area (Å²) >= 11 is 1.19. The number of phenols is 1. The fourth-order valence-electron chi connectivity index (χ4n) is 2.71. The molecule has 0 radical (unpaired) electrons. The number of methoxy groups -OCH3 is 3. The Morgan fingerprint density at radius 3 is 2.36 bits per heavy atom. The molecule has 1 amide bonds. The zero-order chi connectivity index (χ0) is 20.3. The van der Waals surface area contributed by atoms with Crippen LogP contribution in [0.4, 0.5) is 5.69 Å². The summed E-state index contributed by atoms with van der Waals surface area (Å²) in [6.07, 6.45) is 1.71. The molecule has 2 N–H and O–H groups in total. The van der Waals surface area contributed by atoms with Crippen molar-refractivity contribution in [3.63, 3.8) is 0 Å². The molecule has 1 saturated heterocycles. The molecule has 7 nitrogen and oxygen atoms in total. The molecule has 146 valence electrons. The molecule has 1 aliphatic rings. The van der Waals surface area contributed by atoms with Gasteiger partial charge in [-0.15, -0.1) is 0 Å². The molecule has 0 aromatic heterocycles. The highest BCUT2D eigenvalue weighted by molar-refractivity contribution is 8.18. The van der Waals surface area contributed by atoms with Crippen molar-refractivity contribution in [2.75, 3.05) is 21.3 Å². The molecule has 28 heavy (non-hydrogen) atoms. The predicted molar refractivity (Wildman–Crippen MR) is 110 cm³/mol. The van der Waals surface area contributed by atoms with Crippen LogP contribution in [-0.4, -0.2) is 37.5 Å². The number of thioether (sulfide) groups is 1. The maximum Gasteiger partial charge on any atom is 0.264 e. The van der Waals surface area contributed by atoms with E-state index in [1.165, 1.54) is 33.1 Å². The number of aryl methyl sites for hydroxylation is 1. The summed E-state index contributed by atoms with van der Waals surface area (Å²) in [5, 5.41) is 13.1. The van der Waals surface area contributed by atoms with Gasteiger partial charge in [-0.05, 0) is 54.1 Å². The van der Waals surface area contributed by atoms with Crippen LogP contribution < -0.4 is 19.5 Å². The number of benzene rings is 2. The smallest absolute Gasteiger partial charge is 0.264 e. The molecule has 1 heterocycles. The zero-order valence-corrected chi connectivity index (χ0v) is 16.7. The molecule has 0 unspecified atom stereocenters. The monoisotopic (exact) mass is 400 g/mol. The van der Waals surface area contributed by atoms with Gasteiger partial charge in [0.15, 0.2) is 16.7 Å². The van der Waals surface area contributed by atoms with E-state index in [0.717, 1.165) is 5.56 Å². The van der Waals surface area contributed by atoms with Crippen LogP contribution in [0.1, 0.15) is 11.1 Å². The molecule has 1 fully saturated rings. The molecular formula is C20H20N2O5S. The third-order valence-corrected chi connectivity index (χ3v) is 4.98. The quantitative estimate of drug-likeness (QED) is 0.745. The summed E-state index contributed by atoms with van der Waals surface area (Å²) in [5.74, 6) is 1.26. The molecule has 0 aliphatic carbocycles. The Kier molecular flexibility index (Phi) is 5.79. The first-order chi connectivity index (χ1) is 13.5. The van der Waals surface area contributed by atoms with E-state index >= 15 is 0 Å². The lowest BCUT2D eigenvalue weighted by Gasteiger charge is -2.12. The second-order valence-corrected chi connectivity index (χ2v) is 6.91. The van der Waals surface area contributed by atoms with E-state index in [1.807, 2.05) is 13.0 Å². The van der Waals surface area contributed by atoms with Crippen LogP contribution in [0.3, 0.4) is 0 Å². The van der Waals surface area contributed by atoms with Crippen molar-refractivity contribution in [2.45, 2.75) is 6.92 Å². The third kappa shape index (κ3) is 3.91. The topological polar surface area (TPSA) is 89.4 Å². The molecule has 2 aromatic carbocycles. The van der Waals surface area contributed by atoms with Gasteiger partial charge in [0, 0.05) is 0 Å². The number of para-hydroxylation sites is 1. The maximum atomic E-state index is 12.4. The number of hydrogen-bond acceptors (Lipinski definition) is 7. The molecule has 0 bridgehead atoms. The number of nitrogens with one attached hydrogen (secondary N) is 1. The number of phenolic OH excluding ortho intramolecular Hbond substituents is 1. The van der Waals surface area contributed by atoms with Crippen molar-refractivity contribution in [1.82, 2.24) is 5.32 Å². The van der Waals surface area contributed by atoms with Gasteiger partial charge in [-0.25, -0.2) is 4.99 Å². The lowest BCUT2D eigenvalue weighted by molar-refractivity contribution is -0.115. The number of ether oxygens (including phenoxy) is 3. The number of rotatable bonds is 5. The van der Waals surface area contributed by atoms with Gasteiger partial charge in [0.2, 0.25) is 5.75 Å². The molecule has 8 heteroatoms. The Morgan fingerprint density at radius 2 is 1.79 bits per heavy atom. The molecule has 0 spiro atoms. The number of carbonyl (C=O) groups excluding carboxylic acids is 1. The second-order valence-electron chi connectivity index (χ2n) is 5.88. The summed E-state index contributed by atoms with van der Waals surface area (Å²) in [5.41, 5.74) is 1.95. The first-order valence-corrected chi connectivity index (χ1v) is 9.16. The largest absolute Gasteiger partial charge is 0.506 e. The lowest BCUT2D eigenvalue weighted by Crippen LogP contribution is -2.19. The Bertz CT molecular complexity index is 939. The van der Waals surface area contributed by atoms with Crippen molar-refractivity contribution in [1.29, 1.82) is 0 Å². The number of hydrogen-bond donors (Lipinski definition) is 2. The number of carbonyl (C=O) groups is 1. The second kappa shape index (κ2) is 8.26. The van der Waals surface area contributed by atoms with Crippen LogP contribution in [0.25, 0.3) is 6.08 Å². The van der Waals surface area contributed by atoms with Crippen molar-refractivity contribution in [2.24, 2.45) is 4.99 Å². The Morgan fingerprint density at radius 1 is 1.11 bits per heavy atom. The predicted octanol–water partition coefficient (Wildman–Crippen LogP) is 3.62. The minimum atomic E-state index is -0.273. The highest BCUT2D eigenvalue weighted by Crippen LogP contribution is 2.40. The van der Waals surface area contributed by atoms with Crippen LogP contribution in [0.2, 0.25) is 0 Å². The van der Waals surface area contributed by atoms with Crippen molar-refractivity contribution in [3.05, 3.63) is 46.4 Å². The average molecular weight is 400 g/mol. The van der Waals surface area contributed by atoms with E-state index in [-0.39, 0.29) is 11.7 Å². The third-order valence-electron chi connectivity index (χ3n) is 4.07. The summed E-state index contributed by atoms with van der Waals surface area (Å²) < 4.78 is 16.0. The minimum Gasteiger partial charge on any atom is -0.506 e. The van der Waals surface area contributed by atoms with E-state index in [0.29, 0.717) is 38.6 Å². The first kappa shape index (κ1) is 19.6. The van der Waals surface area contributed by atoms with Gasteiger partial charge in [-0.3, -0.25) is 4.79 Å². The normalized spacial score (nSPS) is 16.4. The summed E-state index contributed by atoms with van der Waals surface area (Å²) in [7, 11) is 4.60. The van der Waals surface area contributed by atoms with Crippen LogP contribution in [-0.2, 0) is 4.79 Å². The SMILES string of the molecule is COc1cc(/C=C2\SC(=Nc3c(C)cccc3O)NC2=O)cc(OC)c1OC. The summed E-state index contributed by atoms with van der Waals surface area (Å²) in [4.78, 5) is 17.2.